The highest BCUT2D eigenvalue weighted by molar-refractivity contribution is 7.97. The molecular formula is C26H30FNOS. The van der Waals surface area contributed by atoms with Crippen molar-refractivity contribution < 1.29 is 9.50 Å². The largest absolute Gasteiger partial charge is 0.392 e. The van der Waals surface area contributed by atoms with Crippen molar-refractivity contribution in [3.63, 3.8) is 0 Å². The van der Waals surface area contributed by atoms with Gasteiger partial charge in [0.25, 0.3) is 0 Å². The lowest BCUT2D eigenvalue weighted by Gasteiger charge is -2.18. The summed E-state index contributed by atoms with van der Waals surface area (Å²) in [6, 6.07) is 17.2. The quantitative estimate of drug-likeness (QED) is 0.421. The molecule has 0 radical (unpaired) electrons. The fraction of sp³-hybridized carbons (Fsp3) is 0.346. The van der Waals surface area contributed by atoms with Gasteiger partial charge in [0.15, 0.2) is 0 Å². The second-order valence-electron chi connectivity index (χ2n) is 8.23. The van der Waals surface area contributed by atoms with E-state index in [4.69, 9.17) is 4.98 Å². The molecule has 0 unspecified atom stereocenters. The van der Waals surface area contributed by atoms with Gasteiger partial charge < -0.3 is 5.11 Å². The second-order valence-corrected chi connectivity index (χ2v) is 9.22. The van der Waals surface area contributed by atoms with E-state index < -0.39 is 0 Å². The summed E-state index contributed by atoms with van der Waals surface area (Å²) in [5, 5.41) is 9.98. The Morgan fingerprint density at radius 2 is 1.47 bits per heavy atom. The number of hydrogen-bond donors (Lipinski definition) is 1. The minimum absolute atomic E-state index is 0.0289. The van der Waals surface area contributed by atoms with Crippen LogP contribution in [0, 0.1) is 5.82 Å². The molecule has 0 bridgehead atoms. The van der Waals surface area contributed by atoms with Crippen LogP contribution in [0.3, 0.4) is 0 Å². The summed E-state index contributed by atoms with van der Waals surface area (Å²) in [4.78, 5) is 4.82. The van der Waals surface area contributed by atoms with Crippen molar-refractivity contribution in [3.05, 3.63) is 88.5 Å². The molecule has 4 heteroatoms. The van der Waals surface area contributed by atoms with Crippen molar-refractivity contribution in [2.75, 3.05) is 0 Å². The van der Waals surface area contributed by atoms with Crippen LogP contribution in [0.1, 0.15) is 67.6 Å². The maximum absolute atomic E-state index is 13.1. The molecule has 0 aliphatic carbocycles. The molecule has 158 valence electrons. The zero-order chi connectivity index (χ0) is 21.7. The van der Waals surface area contributed by atoms with Crippen molar-refractivity contribution in [2.24, 2.45) is 0 Å². The van der Waals surface area contributed by atoms with Gasteiger partial charge in [-0.25, -0.2) is 4.39 Å². The number of hydrogen-bond acceptors (Lipinski definition) is 3. The Morgan fingerprint density at radius 3 is 2.00 bits per heavy atom. The Labute approximate surface area is 183 Å². The number of halogens is 1. The number of rotatable bonds is 8. The van der Waals surface area contributed by atoms with Crippen molar-refractivity contribution >= 4 is 11.8 Å². The maximum Gasteiger partial charge on any atom is 0.123 e. The number of thioether (sulfide) groups is 1. The number of benzene rings is 2. The lowest BCUT2D eigenvalue weighted by Crippen LogP contribution is -2.08. The summed E-state index contributed by atoms with van der Waals surface area (Å²) in [5.41, 5.74) is 7.63. The molecule has 0 aliphatic heterocycles. The number of nitrogens with zero attached hydrogens (tertiary/aromatic N) is 1. The van der Waals surface area contributed by atoms with Gasteiger partial charge in [-0.15, -0.1) is 0 Å². The van der Waals surface area contributed by atoms with Crippen LogP contribution in [0.15, 0.2) is 54.6 Å². The van der Waals surface area contributed by atoms with Crippen molar-refractivity contribution in [1.82, 2.24) is 4.98 Å². The van der Waals surface area contributed by atoms with Crippen LogP contribution < -0.4 is 0 Å². The molecule has 1 N–H and O–H groups in total. The molecule has 0 saturated carbocycles. The average molecular weight is 424 g/mol. The monoisotopic (exact) mass is 423 g/mol. The van der Waals surface area contributed by atoms with Crippen molar-refractivity contribution in [3.8, 4) is 11.1 Å². The molecule has 0 fully saturated rings. The summed E-state index contributed by atoms with van der Waals surface area (Å²) < 4.78 is 13.1. The number of aliphatic hydroxyl groups excluding tert-OH is 1. The SMILES string of the molecule is CC(C)c1cc(CSCc2ccc(-c3ccc(F)cc3)cc2)c(CO)c(C(C)C)n1. The Morgan fingerprint density at radius 1 is 0.867 bits per heavy atom. The number of pyridine rings is 1. The molecule has 2 nitrogen and oxygen atoms in total. The highest BCUT2D eigenvalue weighted by Gasteiger charge is 2.16. The Balaban J connectivity index is 1.70. The Kier molecular flexibility index (Phi) is 7.68. The first-order valence-electron chi connectivity index (χ1n) is 10.4. The first-order valence-corrected chi connectivity index (χ1v) is 11.6. The van der Waals surface area contributed by atoms with Gasteiger partial charge in [0.1, 0.15) is 5.82 Å². The minimum Gasteiger partial charge on any atom is -0.392 e. The van der Waals surface area contributed by atoms with Crippen LogP contribution in [0.5, 0.6) is 0 Å². The molecule has 2 aromatic carbocycles. The smallest absolute Gasteiger partial charge is 0.123 e. The van der Waals surface area contributed by atoms with Crippen LogP contribution in [0.4, 0.5) is 4.39 Å². The second kappa shape index (κ2) is 10.2. The summed E-state index contributed by atoms with van der Waals surface area (Å²) in [6.07, 6.45) is 0. The van der Waals surface area contributed by atoms with E-state index in [1.165, 1.54) is 23.3 Å². The van der Waals surface area contributed by atoms with Crippen molar-refractivity contribution in [1.29, 1.82) is 0 Å². The van der Waals surface area contributed by atoms with E-state index in [-0.39, 0.29) is 18.3 Å². The molecule has 1 aromatic heterocycles. The lowest BCUT2D eigenvalue weighted by molar-refractivity contribution is 0.278. The summed E-state index contributed by atoms with van der Waals surface area (Å²) in [7, 11) is 0. The van der Waals surface area contributed by atoms with Crippen LogP contribution in [-0.4, -0.2) is 10.1 Å². The highest BCUT2D eigenvalue weighted by Crippen LogP contribution is 2.29. The van der Waals surface area contributed by atoms with Crippen LogP contribution >= 0.6 is 11.8 Å². The summed E-state index contributed by atoms with van der Waals surface area (Å²) in [6.45, 7) is 8.60. The zero-order valence-corrected chi connectivity index (χ0v) is 19.0. The third-order valence-corrected chi connectivity index (χ3v) is 6.28. The molecule has 1 heterocycles. The van der Waals surface area contributed by atoms with Gasteiger partial charge in [0.2, 0.25) is 0 Å². The predicted molar refractivity (Wildman–Crippen MR) is 125 cm³/mol. The molecule has 30 heavy (non-hydrogen) atoms. The molecule has 0 atom stereocenters. The number of aromatic nitrogens is 1. The first-order chi connectivity index (χ1) is 14.4. The lowest BCUT2D eigenvalue weighted by atomic mass is 9.97. The normalized spacial score (nSPS) is 11.5. The van der Waals surface area contributed by atoms with E-state index in [0.29, 0.717) is 5.92 Å². The van der Waals surface area contributed by atoms with Gasteiger partial charge in [-0.2, -0.15) is 11.8 Å². The van der Waals surface area contributed by atoms with Crippen LogP contribution in [-0.2, 0) is 18.1 Å². The van der Waals surface area contributed by atoms with Gasteiger partial charge in [0.05, 0.1) is 6.61 Å². The topological polar surface area (TPSA) is 33.1 Å². The fourth-order valence-electron chi connectivity index (χ4n) is 3.47. The number of aliphatic hydroxyl groups is 1. The van der Waals surface area contributed by atoms with E-state index >= 15 is 0 Å². The van der Waals surface area contributed by atoms with Gasteiger partial charge in [-0.1, -0.05) is 64.1 Å². The minimum atomic E-state index is -0.216. The molecule has 0 amide bonds. The van der Waals surface area contributed by atoms with Crippen LogP contribution in [0.2, 0.25) is 0 Å². The van der Waals surface area contributed by atoms with E-state index in [0.717, 1.165) is 39.6 Å². The van der Waals surface area contributed by atoms with Gasteiger partial charge in [0, 0.05) is 28.5 Å². The standard InChI is InChI=1S/C26H30FNOS/c1-17(2)25-13-22(24(14-29)26(28-25)18(3)4)16-30-15-19-5-7-20(8-6-19)21-9-11-23(27)12-10-21/h5-13,17-18,29H,14-16H2,1-4H3. The fourth-order valence-corrected chi connectivity index (χ4v) is 4.48. The van der Waals surface area contributed by atoms with Gasteiger partial charge >= 0.3 is 0 Å². The third kappa shape index (κ3) is 5.50. The summed E-state index contributed by atoms with van der Waals surface area (Å²) in [5.74, 6) is 2.17. The molecule has 3 aromatic rings. The Hall–Kier alpha value is -2.17. The molecule has 3 rings (SSSR count). The van der Waals surface area contributed by atoms with Gasteiger partial charge in [-0.05, 0) is 52.3 Å². The molecule has 0 aliphatic rings. The predicted octanol–water partition coefficient (Wildman–Crippen LogP) is 7.06. The molecule has 0 saturated heterocycles. The third-order valence-electron chi connectivity index (χ3n) is 5.22. The van der Waals surface area contributed by atoms with Crippen LogP contribution in [0.25, 0.3) is 11.1 Å². The first kappa shape index (κ1) is 22.5. The van der Waals surface area contributed by atoms with Crippen molar-refractivity contribution in [2.45, 2.75) is 57.6 Å². The average Bonchev–Trinajstić information content (AvgIpc) is 2.74. The van der Waals surface area contributed by atoms with E-state index in [9.17, 15) is 9.50 Å². The maximum atomic E-state index is 13.1. The molecular weight excluding hydrogens is 393 g/mol. The van der Waals surface area contributed by atoms with Gasteiger partial charge in [-0.3, -0.25) is 4.98 Å². The van der Waals surface area contributed by atoms with E-state index in [2.05, 4.69) is 58.0 Å². The van der Waals surface area contributed by atoms with E-state index in [1.807, 2.05) is 11.8 Å². The summed E-state index contributed by atoms with van der Waals surface area (Å²) >= 11 is 1.84. The Bertz CT molecular complexity index is 966. The zero-order valence-electron chi connectivity index (χ0n) is 18.2. The van der Waals surface area contributed by atoms with E-state index in [1.54, 1.807) is 12.1 Å². The highest BCUT2D eigenvalue weighted by atomic mass is 32.2. The molecule has 0 spiro atoms.